The van der Waals surface area contributed by atoms with Crippen LogP contribution in [-0.4, -0.2) is 50.7 Å². The highest BCUT2D eigenvalue weighted by molar-refractivity contribution is 7.89. The average molecular weight is 389 g/mol. The van der Waals surface area contributed by atoms with E-state index in [0.29, 0.717) is 43.1 Å². The molecule has 2 rings (SSSR count). The van der Waals surface area contributed by atoms with Gasteiger partial charge < -0.3 is 9.64 Å². The standard InChI is InChI=1S/C17H25ClN2O4S/c1-3-10-25(22,23)19-14-6-8-20(9-7-14)17(21)12-24-15-4-5-16(18)13(2)11-15/h4-5,11,14,19H,3,6-10,12H2,1-2H3. The number of ether oxygens (including phenoxy) is 1. The maximum atomic E-state index is 12.3. The number of rotatable bonds is 7. The molecule has 0 saturated carbocycles. The molecule has 1 saturated heterocycles. The molecule has 1 aliphatic rings. The smallest absolute Gasteiger partial charge is 0.260 e. The van der Waals surface area contributed by atoms with Crippen molar-refractivity contribution in [3.63, 3.8) is 0 Å². The van der Waals surface area contributed by atoms with Crippen LogP contribution >= 0.6 is 11.6 Å². The number of amides is 1. The van der Waals surface area contributed by atoms with Gasteiger partial charge >= 0.3 is 0 Å². The number of likely N-dealkylation sites (tertiary alicyclic amines) is 1. The van der Waals surface area contributed by atoms with Gasteiger partial charge in [-0.2, -0.15) is 0 Å². The van der Waals surface area contributed by atoms with Gasteiger partial charge in [-0.25, -0.2) is 13.1 Å². The van der Waals surface area contributed by atoms with E-state index in [4.69, 9.17) is 16.3 Å². The second kappa shape index (κ2) is 8.87. The fraction of sp³-hybridized carbons (Fsp3) is 0.588. The molecule has 0 bridgehead atoms. The lowest BCUT2D eigenvalue weighted by atomic mass is 10.1. The highest BCUT2D eigenvalue weighted by Gasteiger charge is 2.25. The van der Waals surface area contributed by atoms with E-state index in [1.54, 1.807) is 23.1 Å². The summed E-state index contributed by atoms with van der Waals surface area (Å²) in [7, 11) is -3.21. The molecule has 1 fully saturated rings. The minimum atomic E-state index is -3.21. The molecule has 0 spiro atoms. The minimum Gasteiger partial charge on any atom is -0.484 e. The van der Waals surface area contributed by atoms with Gasteiger partial charge in [-0.1, -0.05) is 18.5 Å². The van der Waals surface area contributed by atoms with E-state index >= 15 is 0 Å². The van der Waals surface area contributed by atoms with Crippen LogP contribution in [0.3, 0.4) is 0 Å². The van der Waals surface area contributed by atoms with Gasteiger partial charge in [0.1, 0.15) is 5.75 Å². The zero-order chi connectivity index (χ0) is 18.4. The Hall–Kier alpha value is -1.31. The third kappa shape index (κ3) is 6.17. The molecule has 1 heterocycles. The SMILES string of the molecule is CCCS(=O)(=O)NC1CCN(C(=O)COc2ccc(Cl)c(C)c2)CC1. The van der Waals surface area contributed by atoms with Crippen LogP contribution in [0.5, 0.6) is 5.75 Å². The van der Waals surface area contributed by atoms with E-state index in [9.17, 15) is 13.2 Å². The Morgan fingerprint density at radius 1 is 1.36 bits per heavy atom. The first-order chi connectivity index (χ1) is 11.8. The van der Waals surface area contributed by atoms with E-state index in [-0.39, 0.29) is 24.3 Å². The zero-order valence-corrected chi connectivity index (χ0v) is 16.2. The van der Waals surface area contributed by atoms with Crippen LogP contribution in [0.4, 0.5) is 0 Å². The molecule has 1 aromatic carbocycles. The molecule has 140 valence electrons. The molecule has 25 heavy (non-hydrogen) atoms. The van der Waals surface area contributed by atoms with Crippen molar-refractivity contribution in [3.05, 3.63) is 28.8 Å². The second-order valence-corrected chi connectivity index (χ2v) is 8.57. The number of halogens is 1. The summed E-state index contributed by atoms with van der Waals surface area (Å²) in [5.41, 5.74) is 0.895. The van der Waals surface area contributed by atoms with Crippen molar-refractivity contribution in [1.29, 1.82) is 0 Å². The topological polar surface area (TPSA) is 75.7 Å². The Morgan fingerprint density at radius 2 is 2.04 bits per heavy atom. The van der Waals surface area contributed by atoms with E-state index < -0.39 is 10.0 Å². The van der Waals surface area contributed by atoms with Gasteiger partial charge in [-0.3, -0.25) is 4.79 Å². The van der Waals surface area contributed by atoms with E-state index in [1.165, 1.54) is 0 Å². The first-order valence-corrected chi connectivity index (χ1v) is 10.5. The number of nitrogens with zero attached hydrogens (tertiary/aromatic N) is 1. The molecule has 8 heteroatoms. The fourth-order valence-corrected chi connectivity index (χ4v) is 4.29. The molecule has 1 N–H and O–H groups in total. The Kier molecular flexibility index (Phi) is 7.10. The van der Waals surface area contributed by atoms with Crippen molar-refractivity contribution < 1.29 is 17.9 Å². The van der Waals surface area contributed by atoms with E-state index in [0.717, 1.165) is 5.56 Å². The zero-order valence-electron chi connectivity index (χ0n) is 14.6. The number of benzene rings is 1. The number of hydrogen-bond donors (Lipinski definition) is 1. The Labute approximate surface area is 154 Å². The number of aryl methyl sites for hydroxylation is 1. The summed E-state index contributed by atoms with van der Waals surface area (Å²) in [6.45, 7) is 4.74. The molecule has 0 atom stereocenters. The molecule has 0 aliphatic carbocycles. The molecule has 0 radical (unpaired) electrons. The predicted octanol–water partition coefficient (Wildman–Crippen LogP) is 2.35. The van der Waals surface area contributed by atoms with Crippen molar-refractivity contribution in [3.8, 4) is 5.75 Å². The van der Waals surface area contributed by atoms with Crippen molar-refractivity contribution in [1.82, 2.24) is 9.62 Å². The summed E-state index contributed by atoms with van der Waals surface area (Å²) < 4.78 is 31.9. The third-order valence-electron chi connectivity index (χ3n) is 4.16. The quantitative estimate of drug-likeness (QED) is 0.777. The average Bonchev–Trinajstić information content (AvgIpc) is 2.56. The summed E-state index contributed by atoms with van der Waals surface area (Å²) in [6.07, 6.45) is 1.83. The fourth-order valence-electron chi connectivity index (χ4n) is 2.77. The van der Waals surface area contributed by atoms with Crippen molar-refractivity contribution >= 4 is 27.5 Å². The molecule has 6 nitrogen and oxygen atoms in total. The first kappa shape index (κ1) is 20.0. The highest BCUT2D eigenvalue weighted by Crippen LogP contribution is 2.21. The molecule has 0 unspecified atom stereocenters. The monoisotopic (exact) mass is 388 g/mol. The summed E-state index contributed by atoms with van der Waals surface area (Å²) in [6, 6.07) is 5.17. The van der Waals surface area contributed by atoms with Gasteiger partial charge in [0.15, 0.2) is 6.61 Å². The van der Waals surface area contributed by atoms with Crippen molar-refractivity contribution in [2.24, 2.45) is 0 Å². The molecule has 1 amide bonds. The second-order valence-electron chi connectivity index (χ2n) is 6.29. The molecule has 1 aromatic rings. The van der Waals surface area contributed by atoms with Crippen LogP contribution in [0, 0.1) is 6.92 Å². The van der Waals surface area contributed by atoms with E-state index in [2.05, 4.69) is 4.72 Å². The lowest BCUT2D eigenvalue weighted by Gasteiger charge is -2.32. The van der Waals surface area contributed by atoms with Crippen LogP contribution in [0.15, 0.2) is 18.2 Å². The number of hydrogen-bond acceptors (Lipinski definition) is 4. The maximum Gasteiger partial charge on any atom is 0.260 e. The minimum absolute atomic E-state index is 0.0344. The third-order valence-corrected chi connectivity index (χ3v) is 6.22. The summed E-state index contributed by atoms with van der Waals surface area (Å²) in [5, 5.41) is 0.659. The lowest BCUT2D eigenvalue weighted by molar-refractivity contribution is -0.134. The molecular formula is C17H25ClN2O4S. The van der Waals surface area contributed by atoms with Gasteiger partial charge in [-0.15, -0.1) is 0 Å². The Morgan fingerprint density at radius 3 is 2.64 bits per heavy atom. The normalized spacial score (nSPS) is 16.0. The number of carbonyl (C=O) groups is 1. The van der Waals surface area contributed by atoms with Gasteiger partial charge in [0.05, 0.1) is 5.75 Å². The van der Waals surface area contributed by atoms with Crippen LogP contribution in [0.2, 0.25) is 5.02 Å². The predicted molar refractivity (Wildman–Crippen MR) is 98.5 cm³/mol. The molecular weight excluding hydrogens is 364 g/mol. The Bertz CT molecular complexity index is 701. The van der Waals surface area contributed by atoms with E-state index in [1.807, 2.05) is 13.8 Å². The van der Waals surface area contributed by atoms with Crippen LogP contribution < -0.4 is 9.46 Å². The van der Waals surface area contributed by atoms with Crippen LogP contribution in [-0.2, 0) is 14.8 Å². The van der Waals surface area contributed by atoms with Crippen molar-refractivity contribution in [2.45, 2.75) is 39.2 Å². The van der Waals surface area contributed by atoms with Crippen molar-refractivity contribution in [2.75, 3.05) is 25.4 Å². The summed E-state index contributed by atoms with van der Waals surface area (Å²) in [5.74, 6) is 0.653. The molecule has 1 aliphatic heterocycles. The van der Waals surface area contributed by atoms with Gasteiger partial charge in [0.25, 0.3) is 5.91 Å². The van der Waals surface area contributed by atoms with Gasteiger partial charge in [-0.05, 0) is 49.9 Å². The maximum absolute atomic E-state index is 12.3. The highest BCUT2D eigenvalue weighted by atomic mass is 35.5. The number of nitrogens with one attached hydrogen (secondary N) is 1. The summed E-state index contributed by atoms with van der Waals surface area (Å²) in [4.78, 5) is 14.0. The van der Waals surface area contributed by atoms with Crippen LogP contribution in [0.25, 0.3) is 0 Å². The summed E-state index contributed by atoms with van der Waals surface area (Å²) >= 11 is 5.96. The van der Waals surface area contributed by atoms with Crippen LogP contribution in [0.1, 0.15) is 31.7 Å². The number of sulfonamides is 1. The number of carbonyl (C=O) groups excluding carboxylic acids is 1. The lowest BCUT2D eigenvalue weighted by Crippen LogP contribution is -2.48. The number of piperidine rings is 1. The molecule has 0 aromatic heterocycles. The largest absolute Gasteiger partial charge is 0.484 e. The first-order valence-electron chi connectivity index (χ1n) is 8.47. The van der Waals surface area contributed by atoms with Gasteiger partial charge in [0, 0.05) is 24.2 Å². The Balaban J connectivity index is 1.78. The van der Waals surface area contributed by atoms with Gasteiger partial charge in [0.2, 0.25) is 10.0 Å².